The van der Waals surface area contributed by atoms with Crippen molar-refractivity contribution in [3.63, 3.8) is 0 Å². The van der Waals surface area contributed by atoms with E-state index in [2.05, 4.69) is 26.2 Å². The molecule has 1 heterocycles. The third-order valence-corrected chi connectivity index (χ3v) is 3.28. The van der Waals surface area contributed by atoms with Crippen molar-refractivity contribution in [2.24, 2.45) is 0 Å². The summed E-state index contributed by atoms with van der Waals surface area (Å²) in [5.74, 6) is -1.39. The van der Waals surface area contributed by atoms with Crippen LogP contribution in [0.1, 0.15) is 28.5 Å². The number of halogens is 1. The molecular weight excluding hydrogens is 336 g/mol. The Bertz CT molecular complexity index is 646. The van der Waals surface area contributed by atoms with Gasteiger partial charge in [0.05, 0.1) is 12.5 Å². The van der Waals surface area contributed by atoms with E-state index >= 15 is 0 Å². The molecule has 0 aliphatic rings. The van der Waals surface area contributed by atoms with E-state index < -0.39 is 17.9 Å². The Morgan fingerprint density at radius 1 is 1.14 bits per heavy atom. The summed E-state index contributed by atoms with van der Waals surface area (Å²) < 4.78 is 0.546. The summed E-state index contributed by atoms with van der Waals surface area (Å²) in [6.45, 7) is 0. The lowest BCUT2D eigenvalue weighted by molar-refractivity contribution is -0.137. The summed E-state index contributed by atoms with van der Waals surface area (Å²) in [4.78, 5) is 27.2. The largest absolute Gasteiger partial charge is 0.481 e. The highest BCUT2D eigenvalue weighted by Gasteiger charge is 2.19. The minimum absolute atomic E-state index is 0.191. The lowest BCUT2D eigenvalue weighted by Crippen LogP contribution is -2.30. The van der Waals surface area contributed by atoms with Gasteiger partial charge in [-0.3, -0.25) is 9.59 Å². The number of aliphatic carboxylic acids is 1. The highest BCUT2D eigenvalue weighted by molar-refractivity contribution is 9.10. The predicted octanol–water partition coefficient (Wildman–Crippen LogP) is 2.79. The Balaban J connectivity index is 2.19. The van der Waals surface area contributed by atoms with E-state index in [-0.39, 0.29) is 12.1 Å². The first-order valence-corrected chi connectivity index (χ1v) is 7.05. The zero-order chi connectivity index (χ0) is 15.2. The molecule has 0 aliphatic heterocycles. The van der Waals surface area contributed by atoms with Gasteiger partial charge in [-0.15, -0.1) is 0 Å². The van der Waals surface area contributed by atoms with Crippen molar-refractivity contribution in [3.05, 3.63) is 64.4 Å². The van der Waals surface area contributed by atoms with Crippen molar-refractivity contribution >= 4 is 27.8 Å². The monoisotopic (exact) mass is 348 g/mol. The van der Waals surface area contributed by atoms with E-state index in [4.69, 9.17) is 5.11 Å². The highest BCUT2D eigenvalue weighted by atomic mass is 79.9. The van der Waals surface area contributed by atoms with Gasteiger partial charge in [-0.05, 0) is 33.6 Å². The number of carbonyl (C=O) groups is 2. The van der Waals surface area contributed by atoms with Crippen LogP contribution in [-0.2, 0) is 4.79 Å². The maximum Gasteiger partial charge on any atom is 0.305 e. The van der Waals surface area contributed by atoms with Gasteiger partial charge in [0.2, 0.25) is 0 Å². The zero-order valence-electron chi connectivity index (χ0n) is 11.0. The normalized spacial score (nSPS) is 11.7. The second kappa shape index (κ2) is 6.99. The molecule has 108 valence electrons. The fourth-order valence-corrected chi connectivity index (χ4v) is 2.22. The summed E-state index contributed by atoms with van der Waals surface area (Å²) in [6, 6.07) is 13.4. The number of benzene rings is 1. The van der Waals surface area contributed by atoms with E-state index in [9.17, 15) is 9.59 Å². The molecule has 5 nitrogen and oxygen atoms in total. The number of nitrogens with zero attached hydrogens (tertiary/aromatic N) is 1. The van der Waals surface area contributed by atoms with E-state index in [1.54, 1.807) is 42.5 Å². The quantitative estimate of drug-likeness (QED) is 0.814. The summed E-state index contributed by atoms with van der Waals surface area (Å²) >= 11 is 3.20. The molecule has 0 saturated carbocycles. The molecule has 1 aromatic heterocycles. The Morgan fingerprint density at radius 2 is 1.86 bits per heavy atom. The van der Waals surface area contributed by atoms with Gasteiger partial charge in [0, 0.05) is 0 Å². The number of carboxylic acid groups (broad SMARTS) is 1. The Labute approximate surface area is 130 Å². The van der Waals surface area contributed by atoms with Gasteiger partial charge in [0.1, 0.15) is 10.3 Å². The molecule has 0 radical (unpaired) electrons. The first kappa shape index (κ1) is 15.2. The van der Waals surface area contributed by atoms with Gasteiger partial charge >= 0.3 is 5.97 Å². The van der Waals surface area contributed by atoms with Gasteiger partial charge in [-0.1, -0.05) is 36.4 Å². The smallest absolute Gasteiger partial charge is 0.305 e. The Hall–Kier alpha value is -2.21. The number of amides is 1. The molecule has 2 aromatic rings. The standard InChI is InChI=1S/C15H13BrN2O3/c16-13-8-4-7-11(17-13)15(21)18-12(9-14(19)20)10-5-2-1-3-6-10/h1-8,12H,9H2,(H,18,21)(H,19,20). The third kappa shape index (κ3) is 4.39. The van der Waals surface area contributed by atoms with Crippen LogP contribution < -0.4 is 5.32 Å². The van der Waals surface area contributed by atoms with Crippen molar-refractivity contribution in [3.8, 4) is 0 Å². The number of hydrogen-bond acceptors (Lipinski definition) is 3. The number of rotatable bonds is 5. The minimum Gasteiger partial charge on any atom is -0.481 e. The van der Waals surface area contributed by atoms with Crippen molar-refractivity contribution in [1.82, 2.24) is 10.3 Å². The zero-order valence-corrected chi connectivity index (χ0v) is 12.6. The Kier molecular flexibility index (Phi) is 5.05. The number of aromatic nitrogens is 1. The molecule has 0 bridgehead atoms. The van der Waals surface area contributed by atoms with Crippen molar-refractivity contribution in [2.75, 3.05) is 0 Å². The van der Waals surface area contributed by atoms with Gasteiger partial charge in [-0.2, -0.15) is 0 Å². The number of pyridine rings is 1. The number of hydrogen-bond donors (Lipinski definition) is 2. The Morgan fingerprint density at radius 3 is 2.48 bits per heavy atom. The molecule has 6 heteroatoms. The van der Waals surface area contributed by atoms with Gasteiger partial charge in [0.15, 0.2) is 0 Å². The van der Waals surface area contributed by atoms with Gasteiger partial charge in [0.25, 0.3) is 5.91 Å². The minimum atomic E-state index is -0.980. The van der Waals surface area contributed by atoms with Crippen LogP contribution in [0.2, 0.25) is 0 Å². The van der Waals surface area contributed by atoms with Crippen molar-refractivity contribution in [2.45, 2.75) is 12.5 Å². The molecule has 21 heavy (non-hydrogen) atoms. The van der Waals surface area contributed by atoms with Crippen LogP contribution in [0.5, 0.6) is 0 Å². The molecule has 1 amide bonds. The molecule has 0 fully saturated rings. The van der Waals surface area contributed by atoms with Crippen LogP contribution in [-0.4, -0.2) is 22.0 Å². The first-order valence-electron chi connectivity index (χ1n) is 6.26. The van der Waals surface area contributed by atoms with Gasteiger partial charge < -0.3 is 10.4 Å². The third-order valence-electron chi connectivity index (χ3n) is 2.83. The van der Waals surface area contributed by atoms with Crippen LogP contribution in [0, 0.1) is 0 Å². The highest BCUT2D eigenvalue weighted by Crippen LogP contribution is 2.17. The predicted molar refractivity (Wildman–Crippen MR) is 80.8 cm³/mol. The first-order chi connectivity index (χ1) is 10.1. The topological polar surface area (TPSA) is 79.3 Å². The van der Waals surface area contributed by atoms with Crippen LogP contribution >= 0.6 is 15.9 Å². The maximum atomic E-state index is 12.2. The SMILES string of the molecule is O=C(O)CC(NC(=O)c1cccc(Br)n1)c1ccccc1. The summed E-state index contributed by atoms with van der Waals surface area (Å²) in [5, 5.41) is 11.7. The fraction of sp³-hybridized carbons (Fsp3) is 0.133. The fourth-order valence-electron chi connectivity index (χ4n) is 1.88. The summed E-state index contributed by atoms with van der Waals surface area (Å²) in [6.07, 6.45) is -0.191. The molecule has 0 aliphatic carbocycles. The van der Waals surface area contributed by atoms with E-state index in [0.29, 0.717) is 4.60 Å². The molecule has 1 atom stereocenters. The van der Waals surface area contributed by atoms with E-state index in [1.807, 2.05) is 6.07 Å². The average Bonchev–Trinajstić information content (AvgIpc) is 2.47. The molecular formula is C15H13BrN2O3. The molecule has 2 rings (SSSR count). The van der Waals surface area contributed by atoms with Crippen LogP contribution in [0.3, 0.4) is 0 Å². The van der Waals surface area contributed by atoms with Crippen molar-refractivity contribution in [1.29, 1.82) is 0 Å². The molecule has 2 N–H and O–H groups in total. The van der Waals surface area contributed by atoms with Crippen LogP contribution in [0.4, 0.5) is 0 Å². The number of carboxylic acids is 1. The molecule has 1 unspecified atom stereocenters. The lowest BCUT2D eigenvalue weighted by Gasteiger charge is -2.17. The van der Waals surface area contributed by atoms with Crippen molar-refractivity contribution < 1.29 is 14.7 Å². The summed E-state index contributed by atoms with van der Waals surface area (Å²) in [5.41, 5.74) is 0.971. The van der Waals surface area contributed by atoms with Crippen LogP contribution in [0.15, 0.2) is 53.1 Å². The van der Waals surface area contributed by atoms with E-state index in [1.165, 1.54) is 0 Å². The van der Waals surface area contributed by atoms with Crippen LogP contribution in [0.25, 0.3) is 0 Å². The molecule has 0 spiro atoms. The van der Waals surface area contributed by atoms with Gasteiger partial charge in [-0.25, -0.2) is 4.98 Å². The summed E-state index contributed by atoms with van der Waals surface area (Å²) in [7, 11) is 0. The second-order valence-corrected chi connectivity index (χ2v) is 5.19. The lowest BCUT2D eigenvalue weighted by atomic mass is 10.0. The number of carbonyl (C=O) groups excluding carboxylic acids is 1. The maximum absolute atomic E-state index is 12.2. The molecule has 0 saturated heterocycles. The second-order valence-electron chi connectivity index (χ2n) is 4.38. The van der Waals surface area contributed by atoms with E-state index in [0.717, 1.165) is 5.56 Å². The number of nitrogens with one attached hydrogen (secondary N) is 1. The average molecular weight is 349 g/mol. The molecule has 1 aromatic carbocycles.